The van der Waals surface area contributed by atoms with E-state index in [-0.39, 0.29) is 38.0 Å². The fraction of sp³-hybridized carbons (Fsp3) is 0.702. The molecule has 0 aromatic heterocycles. The SMILES string of the molecule is CC1/C=C/C=C/CC/C=C/C=C/C=C/C=CC(O[C@@H]2O[C@H](C)[C@@H](O)[C@H](N)[C@@H]2O)CC2OC(O)(CC(O)C(O)CCC(O)CC(O)CC(O)CC(=O)OC(C)C(C)C1O)CC(O)C2C(=O)O. The molecule has 370 valence electrons. The Morgan fingerprint density at radius 2 is 1.28 bits per heavy atom. The molecular weight excluding hydrogens is 851 g/mol. The molecule has 3 aliphatic heterocycles. The topological polar surface area (TPSA) is 320 Å². The van der Waals surface area contributed by atoms with Crippen LogP contribution in [0.25, 0.3) is 0 Å². The molecule has 2 fully saturated rings. The first kappa shape index (κ1) is 56.1. The van der Waals surface area contributed by atoms with Crippen molar-refractivity contribution in [3.8, 4) is 0 Å². The number of carbonyl (C=O) groups excluding carboxylic acids is 1. The highest BCUT2D eigenvalue weighted by atomic mass is 16.7. The van der Waals surface area contributed by atoms with E-state index in [4.69, 9.17) is 24.7 Å². The summed E-state index contributed by atoms with van der Waals surface area (Å²) in [4.78, 5) is 25.1. The van der Waals surface area contributed by atoms with Gasteiger partial charge in [-0.05, 0) is 52.4 Å². The molecule has 0 aromatic carbocycles. The summed E-state index contributed by atoms with van der Waals surface area (Å²) in [6.45, 7) is 6.78. The largest absolute Gasteiger partial charge is 0.481 e. The molecule has 19 atom stereocenters. The summed E-state index contributed by atoms with van der Waals surface area (Å²) in [5.41, 5.74) is 6.02. The first-order valence-corrected chi connectivity index (χ1v) is 22.6. The van der Waals surface area contributed by atoms with E-state index in [2.05, 4.69) is 0 Å². The molecule has 14 unspecified atom stereocenters. The Kier molecular flexibility index (Phi) is 23.8. The molecule has 0 aliphatic carbocycles. The van der Waals surface area contributed by atoms with Gasteiger partial charge in [-0.3, -0.25) is 9.59 Å². The van der Waals surface area contributed by atoms with Gasteiger partial charge in [0.15, 0.2) is 12.1 Å². The zero-order chi connectivity index (χ0) is 48.4. The molecule has 18 heteroatoms. The van der Waals surface area contributed by atoms with Crippen molar-refractivity contribution in [1.82, 2.24) is 0 Å². The normalized spacial score (nSPS) is 44.8. The van der Waals surface area contributed by atoms with Crippen LogP contribution >= 0.6 is 0 Å². The van der Waals surface area contributed by atoms with Crippen LogP contribution in [0, 0.1) is 17.8 Å². The van der Waals surface area contributed by atoms with Gasteiger partial charge in [0.05, 0.1) is 79.6 Å². The third kappa shape index (κ3) is 18.8. The molecule has 0 aromatic rings. The standard InChI is InChI=1S/C47H75NO17/c1-27-17-15-13-11-9-7-5-6-8-10-12-14-16-18-34(64-46-44(58)41(48)43(57)30(4)63-46)24-38-40(45(59)60)37(54)26-47(61,65-38)25-36(53)35(52)20-19-31(49)21-32(50)22-33(51)23-39(55)62-29(3)28(2)42(27)56/h5-6,8,10-18,27-38,40-44,46,49-54,56-58,61H,7,9,19-26,48H2,1-4H3,(H,59,60)/b6-5+,10-8+,13-11+,14-12+,17-15+,18-16?/t27?,28?,29?,30-,31?,32?,33?,34?,35?,36?,37?,38?,40?,41+,42?,43-,44+,46+,47?/m1/s1. The average Bonchev–Trinajstić information content (AvgIpc) is 3.21. The predicted molar refractivity (Wildman–Crippen MR) is 237 cm³/mol. The lowest BCUT2D eigenvalue weighted by atomic mass is 9.82. The van der Waals surface area contributed by atoms with Crippen LogP contribution in [0.5, 0.6) is 0 Å². The average molecular weight is 926 g/mol. The van der Waals surface area contributed by atoms with Gasteiger partial charge in [-0.2, -0.15) is 0 Å². The minimum absolute atomic E-state index is 0.138. The fourth-order valence-corrected chi connectivity index (χ4v) is 8.11. The highest BCUT2D eigenvalue weighted by Gasteiger charge is 2.51. The van der Waals surface area contributed by atoms with Gasteiger partial charge in [-0.15, -0.1) is 0 Å². The molecule has 0 radical (unpaired) electrons. The van der Waals surface area contributed by atoms with E-state index in [1.807, 2.05) is 49.5 Å². The van der Waals surface area contributed by atoms with E-state index in [1.165, 1.54) is 13.0 Å². The number of carboxylic acid groups (broad SMARTS) is 1. The maximum Gasteiger partial charge on any atom is 0.311 e. The van der Waals surface area contributed by atoms with Crippen molar-refractivity contribution in [2.45, 2.75) is 189 Å². The quantitative estimate of drug-likeness (QED) is 0.175. The van der Waals surface area contributed by atoms with E-state index >= 15 is 0 Å². The van der Waals surface area contributed by atoms with E-state index < -0.39 is 141 Å². The smallest absolute Gasteiger partial charge is 0.311 e. The van der Waals surface area contributed by atoms with Crippen molar-refractivity contribution >= 4 is 11.9 Å². The van der Waals surface area contributed by atoms with Gasteiger partial charge in [0.25, 0.3) is 0 Å². The highest BCUT2D eigenvalue weighted by molar-refractivity contribution is 5.71. The summed E-state index contributed by atoms with van der Waals surface area (Å²) >= 11 is 0. The number of cyclic esters (lactones) is 1. The molecule has 0 amide bonds. The number of aliphatic hydroxyl groups excluding tert-OH is 9. The van der Waals surface area contributed by atoms with Crippen LogP contribution in [0.2, 0.25) is 0 Å². The molecule has 0 spiro atoms. The van der Waals surface area contributed by atoms with Gasteiger partial charge in [0.1, 0.15) is 18.1 Å². The lowest BCUT2D eigenvalue weighted by Gasteiger charge is -2.45. The molecular formula is C47H75NO17. The van der Waals surface area contributed by atoms with Crippen molar-refractivity contribution in [3.05, 3.63) is 72.9 Å². The number of hydrogen-bond donors (Lipinski definition) is 12. The minimum Gasteiger partial charge on any atom is -0.481 e. The Balaban J connectivity index is 1.84. The number of aliphatic carboxylic acids is 1. The Morgan fingerprint density at radius 3 is 1.94 bits per heavy atom. The zero-order valence-corrected chi connectivity index (χ0v) is 37.8. The van der Waals surface area contributed by atoms with Crippen molar-refractivity contribution in [3.63, 3.8) is 0 Å². The Bertz CT molecular complexity index is 1620. The molecule has 3 rings (SSSR count). The van der Waals surface area contributed by atoms with Crippen molar-refractivity contribution in [2.75, 3.05) is 0 Å². The summed E-state index contributed by atoms with van der Waals surface area (Å²) in [5.74, 6) is -6.82. The van der Waals surface area contributed by atoms with Crippen molar-refractivity contribution < 1.29 is 84.7 Å². The minimum atomic E-state index is -2.35. The molecule has 2 saturated heterocycles. The van der Waals surface area contributed by atoms with Crippen LogP contribution in [0.3, 0.4) is 0 Å². The van der Waals surface area contributed by atoms with Gasteiger partial charge in [-0.25, -0.2) is 0 Å². The Hall–Kier alpha value is -3.18. The lowest BCUT2D eigenvalue weighted by Crippen LogP contribution is -2.61. The Labute approximate surface area is 381 Å². The first-order chi connectivity index (χ1) is 30.6. The van der Waals surface area contributed by atoms with E-state index in [1.54, 1.807) is 38.2 Å². The molecule has 13 N–H and O–H groups in total. The van der Waals surface area contributed by atoms with Gasteiger partial charge < -0.3 is 80.9 Å². The van der Waals surface area contributed by atoms with E-state index in [0.29, 0.717) is 0 Å². The second-order valence-electron chi connectivity index (χ2n) is 17.8. The highest BCUT2D eigenvalue weighted by Crippen LogP contribution is 2.38. The number of fused-ring (bicyclic) bond motifs is 2. The van der Waals surface area contributed by atoms with Crippen LogP contribution in [0.15, 0.2) is 72.9 Å². The van der Waals surface area contributed by atoms with Gasteiger partial charge in [0.2, 0.25) is 0 Å². The summed E-state index contributed by atoms with van der Waals surface area (Å²) in [6, 6.07) is -1.14. The summed E-state index contributed by atoms with van der Waals surface area (Å²) in [7, 11) is 0. The fourth-order valence-electron chi connectivity index (χ4n) is 8.11. The number of aliphatic hydroxyl groups is 10. The second-order valence-corrected chi connectivity index (χ2v) is 17.8. The van der Waals surface area contributed by atoms with Crippen LogP contribution in [0.1, 0.15) is 91.9 Å². The summed E-state index contributed by atoms with van der Waals surface area (Å²) < 4.78 is 23.2. The van der Waals surface area contributed by atoms with Crippen molar-refractivity contribution in [2.24, 2.45) is 23.5 Å². The molecule has 65 heavy (non-hydrogen) atoms. The number of ether oxygens (including phenoxy) is 4. The predicted octanol–water partition coefficient (Wildman–Crippen LogP) is 0.936. The third-order valence-corrected chi connectivity index (χ3v) is 12.2. The van der Waals surface area contributed by atoms with Gasteiger partial charge in [0, 0.05) is 31.1 Å². The molecule has 2 bridgehead atoms. The second kappa shape index (κ2) is 27.6. The number of hydrogen-bond acceptors (Lipinski definition) is 17. The third-order valence-electron chi connectivity index (χ3n) is 12.2. The molecule has 3 heterocycles. The van der Waals surface area contributed by atoms with E-state index in [0.717, 1.165) is 12.8 Å². The molecule has 0 saturated carbocycles. The Morgan fingerprint density at radius 1 is 0.692 bits per heavy atom. The van der Waals surface area contributed by atoms with Gasteiger partial charge >= 0.3 is 11.9 Å². The number of allylic oxidation sites excluding steroid dienone is 10. The number of carboxylic acids is 1. The summed E-state index contributed by atoms with van der Waals surface area (Å²) in [6.07, 6.45) is 2.28. The maximum absolute atomic E-state index is 12.6. The maximum atomic E-state index is 12.6. The van der Waals surface area contributed by atoms with Crippen LogP contribution in [0.4, 0.5) is 0 Å². The number of rotatable bonds is 3. The van der Waals surface area contributed by atoms with Gasteiger partial charge in [-0.1, -0.05) is 86.8 Å². The first-order valence-electron chi connectivity index (χ1n) is 22.6. The monoisotopic (exact) mass is 926 g/mol. The number of esters is 1. The van der Waals surface area contributed by atoms with E-state index in [9.17, 15) is 65.8 Å². The molecule has 18 nitrogen and oxygen atoms in total. The zero-order valence-electron chi connectivity index (χ0n) is 37.8. The number of carbonyl (C=O) groups is 2. The van der Waals surface area contributed by atoms with Crippen LogP contribution in [-0.2, 0) is 28.5 Å². The molecule has 3 aliphatic rings. The lowest BCUT2D eigenvalue weighted by molar-refractivity contribution is -0.310. The summed E-state index contributed by atoms with van der Waals surface area (Å²) in [5, 5.41) is 118. The van der Waals surface area contributed by atoms with Crippen LogP contribution in [-0.4, -0.2) is 166 Å². The van der Waals surface area contributed by atoms with Crippen molar-refractivity contribution in [1.29, 1.82) is 0 Å². The number of nitrogens with two attached hydrogens (primary N) is 1. The van der Waals surface area contributed by atoms with Crippen LogP contribution < -0.4 is 5.73 Å².